The van der Waals surface area contributed by atoms with Gasteiger partial charge in [-0.1, -0.05) is 124 Å². The molecule has 0 fully saturated rings. The molecule has 6 rings (SSSR count). The van der Waals surface area contributed by atoms with Crippen molar-refractivity contribution in [3.8, 4) is 34.1 Å². The van der Waals surface area contributed by atoms with Crippen LogP contribution in [-0.2, 0) is 0 Å². The molecule has 0 aromatic heterocycles. The number of allylic oxidation sites excluding steroid dienone is 2. The molecular formula is C54H58O6. The summed E-state index contributed by atoms with van der Waals surface area (Å²) in [6, 6.07) is 37.5. The summed E-state index contributed by atoms with van der Waals surface area (Å²) in [6.07, 6.45) is 20.1. The van der Waals surface area contributed by atoms with Gasteiger partial charge in [0.05, 0.1) is 24.3 Å². The number of carbonyl (C=O) groups is 2. The lowest BCUT2D eigenvalue weighted by atomic mass is 9.92. The highest BCUT2D eigenvalue weighted by Crippen LogP contribution is 2.46. The number of hydrogen-bond donors (Lipinski definition) is 0. The summed E-state index contributed by atoms with van der Waals surface area (Å²) in [5.41, 5.74) is 2.10. The molecule has 0 radical (unpaired) electrons. The third-order valence-corrected chi connectivity index (χ3v) is 10.8. The van der Waals surface area contributed by atoms with Gasteiger partial charge in [-0.15, -0.1) is 13.2 Å². The molecule has 310 valence electrons. The maximum atomic E-state index is 13.8. The highest BCUT2D eigenvalue weighted by atomic mass is 16.5. The predicted molar refractivity (Wildman–Crippen MR) is 246 cm³/mol. The van der Waals surface area contributed by atoms with Crippen molar-refractivity contribution in [2.45, 2.75) is 89.9 Å². The molecule has 6 nitrogen and oxygen atoms in total. The Hall–Kier alpha value is -6.14. The number of esters is 2. The summed E-state index contributed by atoms with van der Waals surface area (Å²) in [6.45, 7) is 8.84. The van der Waals surface area contributed by atoms with Crippen molar-refractivity contribution in [3.05, 3.63) is 158 Å². The van der Waals surface area contributed by atoms with Crippen LogP contribution in [0, 0.1) is 0 Å². The van der Waals surface area contributed by atoms with Crippen LogP contribution in [0.5, 0.6) is 23.0 Å². The van der Waals surface area contributed by atoms with E-state index in [0.717, 1.165) is 60.1 Å². The highest BCUT2D eigenvalue weighted by Gasteiger charge is 2.23. The molecule has 60 heavy (non-hydrogen) atoms. The van der Waals surface area contributed by atoms with E-state index in [4.69, 9.17) is 18.9 Å². The van der Waals surface area contributed by atoms with Crippen LogP contribution in [0.25, 0.3) is 32.7 Å². The highest BCUT2D eigenvalue weighted by molar-refractivity contribution is 6.11. The van der Waals surface area contributed by atoms with Gasteiger partial charge in [0.2, 0.25) is 0 Å². The molecular weight excluding hydrogens is 745 g/mol. The van der Waals surface area contributed by atoms with Gasteiger partial charge in [-0.3, -0.25) is 0 Å². The van der Waals surface area contributed by atoms with E-state index in [1.165, 1.54) is 51.4 Å². The minimum Gasteiger partial charge on any atom is -0.494 e. The van der Waals surface area contributed by atoms with Gasteiger partial charge < -0.3 is 18.9 Å². The van der Waals surface area contributed by atoms with E-state index < -0.39 is 11.9 Å². The average Bonchev–Trinajstić information content (AvgIpc) is 3.28. The number of rotatable bonds is 25. The van der Waals surface area contributed by atoms with E-state index in [1.54, 1.807) is 24.3 Å². The van der Waals surface area contributed by atoms with Crippen LogP contribution in [-0.4, -0.2) is 25.2 Å². The summed E-state index contributed by atoms with van der Waals surface area (Å²) in [5.74, 6) is 1.12. The Labute approximate surface area is 355 Å². The third-order valence-electron chi connectivity index (χ3n) is 10.8. The second-order valence-corrected chi connectivity index (χ2v) is 15.2. The predicted octanol–water partition coefficient (Wildman–Crippen LogP) is 14.7. The quantitative estimate of drug-likeness (QED) is 0.0248. The van der Waals surface area contributed by atoms with Gasteiger partial charge in [-0.2, -0.15) is 0 Å². The molecule has 0 unspecified atom stereocenters. The van der Waals surface area contributed by atoms with Crippen LogP contribution in [0.15, 0.2) is 147 Å². The van der Waals surface area contributed by atoms with Crippen molar-refractivity contribution in [2.24, 2.45) is 0 Å². The molecule has 0 spiro atoms. The standard InChI is InChI=1S/C54H58O6/c1-3-5-7-9-11-13-15-21-39-57-45-33-27-43(28-34-45)53(55)59-49-37-31-41-23-17-19-25-47(41)51(49)52-48-26-20-18-24-42(48)32-38-50(52)60-54(56)44-29-35-46(36-30-44)58-40-22-16-14-12-10-8-6-4-2/h3-4,17-20,23-38H,1-2,5-16,21-22,39-40H2. The molecule has 6 aromatic rings. The number of unbranched alkanes of at least 4 members (excludes halogenated alkanes) is 12. The van der Waals surface area contributed by atoms with Crippen molar-refractivity contribution in [1.82, 2.24) is 0 Å². The van der Waals surface area contributed by atoms with E-state index in [2.05, 4.69) is 13.2 Å². The molecule has 0 saturated heterocycles. The van der Waals surface area contributed by atoms with Gasteiger partial charge in [-0.05, 0) is 121 Å². The molecule has 0 aliphatic rings. The number of benzene rings is 6. The van der Waals surface area contributed by atoms with Crippen LogP contribution in [0.3, 0.4) is 0 Å². The zero-order valence-corrected chi connectivity index (χ0v) is 34.9. The Morgan fingerprint density at radius 1 is 0.417 bits per heavy atom. The van der Waals surface area contributed by atoms with Crippen LogP contribution in [0.4, 0.5) is 0 Å². The first-order chi connectivity index (χ1) is 29.6. The van der Waals surface area contributed by atoms with Gasteiger partial charge in [0.1, 0.15) is 23.0 Å². The first-order valence-electron chi connectivity index (χ1n) is 21.7. The lowest BCUT2D eigenvalue weighted by Gasteiger charge is -2.19. The van der Waals surface area contributed by atoms with Crippen LogP contribution in [0.1, 0.15) is 111 Å². The van der Waals surface area contributed by atoms with Crippen molar-refractivity contribution in [1.29, 1.82) is 0 Å². The summed E-state index contributed by atoms with van der Waals surface area (Å²) in [5, 5.41) is 3.61. The third kappa shape index (κ3) is 12.4. The van der Waals surface area contributed by atoms with Gasteiger partial charge >= 0.3 is 11.9 Å². The lowest BCUT2D eigenvalue weighted by Crippen LogP contribution is -2.11. The summed E-state index contributed by atoms with van der Waals surface area (Å²) < 4.78 is 24.4. The summed E-state index contributed by atoms with van der Waals surface area (Å²) >= 11 is 0. The molecule has 0 N–H and O–H groups in total. The van der Waals surface area contributed by atoms with E-state index in [9.17, 15) is 9.59 Å². The van der Waals surface area contributed by atoms with Crippen molar-refractivity contribution in [2.75, 3.05) is 13.2 Å². The minimum absolute atomic E-state index is 0.353. The zero-order chi connectivity index (χ0) is 41.8. The lowest BCUT2D eigenvalue weighted by molar-refractivity contribution is 0.0723. The van der Waals surface area contributed by atoms with Gasteiger partial charge in [0.15, 0.2) is 0 Å². The minimum atomic E-state index is -0.505. The maximum absolute atomic E-state index is 13.8. The smallest absolute Gasteiger partial charge is 0.343 e. The molecule has 0 heterocycles. The number of ether oxygens (including phenoxy) is 4. The molecule has 6 aromatic carbocycles. The van der Waals surface area contributed by atoms with Crippen molar-refractivity contribution in [3.63, 3.8) is 0 Å². The second-order valence-electron chi connectivity index (χ2n) is 15.2. The maximum Gasteiger partial charge on any atom is 0.343 e. The molecule has 0 atom stereocenters. The van der Waals surface area contributed by atoms with E-state index >= 15 is 0 Å². The normalized spacial score (nSPS) is 11.0. The summed E-state index contributed by atoms with van der Waals surface area (Å²) in [4.78, 5) is 27.6. The number of hydrogen-bond acceptors (Lipinski definition) is 6. The SMILES string of the molecule is C=CCCCCCCCCOc1ccc(C(=O)Oc2ccc3ccccc3c2-c2c(OC(=O)c3ccc(OCCCCCCCCC=C)cc3)ccc3ccccc23)cc1. The molecule has 0 saturated carbocycles. The summed E-state index contributed by atoms with van der Waals surface area (Å²) in [7, 11) is 0. The monoisotopic (exact) mass is 802 g/mol. The largest absolute Gasteiger partial charge is 0.494 e. The van der Waals surface area contributed by atoms with Crippen LogP contribution in [0.2, 0.25) is 0 Å². The Morgan fingerprint density at radius 3 is 1.18 bits per heavy atom. The fourth-order valence-corrected chi connectivity index (χ4v) is 7.46. The van der Waals surface area contributed by atoms with Gasteiger partial charge in [0, 0.05) is 11.1 Å². The molecule has 0 aliphatic heterocycles. The van der Waals surface area contributed by atoms with Crippen molar-refractivity contribution >= 4 is 33.5 Å². The van der Waals surface area contributed by atoms with E-state index in [1.807, 2.05) is 109 Å². The first kappa shape index (κ1) is 43.4. The Balaban J connectivity index is 1.16. The molecule has 0 aliphatic carbocycles. The van der Waals surface area contributed by atoms with Gasteiger partial charge in [-0.25, -0.2) is 9.59 Å². The number of carbonyl (C=O) groups excluding carboxylic acids is 2. The van der Waals surface area contributed by atoms with Gasteiger partial charge in [0.25, 0.3) is 0 Å². The Bertz CT molecular complexity index is 2140. The van der Waals surface area contributed by atoms with Crippen LogP contribution >= 0.6 is 0 Å². The molecule has 0 amide bonds. The fourth-order valence-electron chi connectivity index (χ4n) is 7.46. The molecule has 6 heteroatoms. The van der Waals surface area contributed by atoms with E-state index in [0.29, 0.717) is 58.5 Å². The number of fused-ring (bicyclic) bond motifs is 2. The Morgan fingerprint density at radius 2 is 0.783 bits per heavy atom. The first-order valence-corrected chi connectivity index (χ1v) is 21.7. The second kappa shape index (κ2) is 23.5. The molecule has 0 bridgehead atoms. The van der Waals surface area contributed by atoms with E-state index in [-0.39, 0.29) is 0 Å². The van der Waals surface area contributed by atoms with Crippen molar-refractivity contribution < 1.29 is 28.5 Å². The zero-order valence-electron chi connectivity index (χ0n) is 34.9. The fraction of sp³-hybridized carbons (Fsp3) is 0.296. The van der Waals surface area contributed by atoms with Crippen LogP contribution < -0.4 is 18.9 Å². The Kier molecular flexibility index (Phi) is 17.0. The average molecular weight is 803 g/mol. The topological polar surface area (TPSA) is 71.1 Å².